The highest BCUT2D eigenvalue weighted by Gasteiger charge is 2.30. The molecule has 5 nitrogen and oxygen atoms in total. The molecular formula is C23H18Cl3NO4S. The zero-order valence-electron chi connectivity index (χ0n) is 16.7. The second-order valence-electron chi connectivity index (χ2n) is 7.26. The van der Waals surface area contributed by atoms with Crippen molar-refractivity contribution in [1.29, 1.82) is 0 Å². The van der Waals surface area contributed by atoms with Gasteiger partial charge in [0.2, 0.25) is 0 Å². The summed E-state index contributed by atoms with van der Waals surface area (Å²) in [6, 6.07) is 16.2. The van der Waals surface area contributed by atoms with Crippen LogP contribution in [0.1, 0.15) is 27.9 Å². The van der Waals surface area contributed by atoms with Crippen LogP contribution in [0.25, 0.3) is 0 Å². The number of aryl methyl sites for hydroxylation is 1. The maximum atomic E-state index is 13.4. The van der Waals surface area contributed by atoms with Crippen LogP contribution in [0.4, 0.5) is 5.69 Å². The molecule has 1 aliphatic rings. The average molecular weight is 511 g/mol. The second kappa shape index (κ2) is 9.32. The number of hydrogen-bond donors (Lipinski definition) is 0. The Balaban J connectivity index is 1.60. The first-order chi connectivity index (χ1) is 15.3. The Morgan fingerprint density at radius 1 is 0.969 bits per heavy atom. The van der Waals surface area contributed by atoms with E-state index in [-0.39, 0.29) is 22.1 Å². The van der Waals surface area contributed by atoms with Crippen molar-refractivity contribution in [3.8, 4) is 0 Å². The summed E-state index contributed by atoms with van der Waals surface area (Å²) in [6.07, 6.45) is 1.52. The second-order valence-corrected chi connectivity index (χ2v) is 10.4. The number of rotatable bonds is 5. The number of benzene rings is 3. The summed E-state index contributed by atoms with van der Waals surface area (Å²) in [5, 5.41) is 0.914. The number of carbonyl (C=O) groups is 1. The zero-order valence-corrected chi connectivity index (χ0v) is 19.8. The number of ether oxygens (including phenoxy) is 1. The van der Waals surface area contributed by atoms with E-state index < -0.39 is 16.0 Å². The number of sulfonamides is 1. The van der Waals surface area contributed by atoms with Gasteiger partial charge in [-0.2, -0.15) is 0 Å². The molecule has 3 aromatic carbocycles. The summed E-state index contributed by atoms with van der Waals surface area (Å²) < 4.78 is 33.5. The van der Waals surface area contributed by atoms with Gasteiger partial charge >= 0.3 is 5.97 Å². The Labute approximate surface area is 201 Å². The van der Waals surface area contributed by atoms with E-state index in [9.17, 15) is 13.2 Å². The Morgan fingerprint density at radius 3 is 2.53 bits per heavy atom. The number of halogens is 3. The third-order valence-corrected chi connectivity index (χ3v) is 7.91. The van der Waals surface area contributed by atoms with Crippen molar-refractivity contribution in [3.63, 3.8) is 0 Å². The SMILES string of the molecule is O=C(OCc1ccc(Cl)cc1Cl)c1cc(S(=O)(=O)N2CCCc3ccccc32)ccc1Cl. The molecule has 0 unspecified atom stereocenters. The lowest BCUT2D eigenvalue weighted by atomic mass is 10.0. The van der Waals surface area contributed by atoms with Gasteiger partial charge in [0, 0.05) is 22.2 Å². The molecule has 0 spiro atoms. The molecule has 0 amide bonds. The first-order valence-electron chi connectivity index (χ1n) is 9.78. The predicted molar refractivity (Wildman–Crippen MR) is 126 cm³/mol. The summed E-state index contributed by atoms with van der Waals surface area (Å²) in [6.45, 7) is 0.248. The van der Waals surface area contributed by atoms with Crippen LogP contribution in [-0.4, -0.2) is 20.9 Å². The molecule has 0 aromatic heterocycles. The molecule has 0 saturated carbocycles. The van der Waals surface area contributed by atoms with E-state index in [0.29, 0.717) is 34.3 Å². The lowest BCUT2D eigenvalue weighted by molar-refractivity contribution is 0.0473. The van der Waals surface area contributed by atoms with Crippen LogP contribution in [0.15, 0.2) is 65.6 Å². The van der Waals surface area contributed by atoms with Crippen LogP contribution in [0, 0.1) is 0 Å². The number of carbonyl (C=O) groups excluding carboxylic acids is 1. The van der Waals surface area contributed by atoms with Crippen LogP contribution in [0.3, 0.4) is 0 Å². The van der Waals surface area contributed by atoms with E-state index in [1.54, 1.807) is 30.3 Å². The fourth-order valence-electron chi connectivity index (χ4n) is 3.56. The first-order valence-corrected chi connectivity index (χ1v) is 12.4. The highest BCUT2D eigenvalue weighted by molar-refractivity contribution is 7.92. The Bertz CT molecular complexity index is 1290. The molecule has 1 heterocycles. The van der Waals surface area contributed by atoms with Crippen molar-refractivity contribution in [2.45, 2.75) is 24.3 Å². The maximum Gasteiger partial charge on any atom is 0.340 e. The molecule has 0 bridgehead atoms. The molecule has 0 aliphatic carbocycles. The van der Waals surface area contributed by atoms with Gasteiger partial charge in [0.25, 0.3) is 10.0 Å². The number of nitrogens with zero attached hydrogens (tertiary/aromatic N) is 1. The highest BCUT2D eigenvalue weighted by atomic mass is 35.5. The number of fused-ring (bicyclic) bond motifs is 1. The smallest absolute Gasteiger partial charge is 0.340 e. The fourth-order valence-corrected chi connectivity index (χ4v) is 5.78. The van der Waals surface area contributed by atoms with E-state index in [1.807, 2.05) is 12.1 Å². The van der Waals surface area contributed by atoms with Gasteiger partial charge in [-0.15, -0.1) is 0 Å². The van der Waals surface area contributed by atoms with Crippen molar-refractivity contribution in [2.75, 3.05) is 10.8 Å². The fraction of sp³-hybridized carbons (Fsp3) is 0.174. The number of para-hydroxylation sites is 1. The Morgan fingerprint density at radius 2 is 1.75 bits per heavy atom. The number of anilines is 1. The molecule has 0 saturated heterocycles. The molecule has 3 aromatic rings. The van der Waals surface area contributed by atoms with Crippen LogP contribution in [0.5, 0.6) is 0 Å². The minimum absolute atomic E-state index is 0.0323. The predicted octanol–water partition coefficient (Wildman–Crippen LogP) is 6.15. The molecule has 0 radical (unpaired) electrons. The van der Waals surface area contributed by atoms with Crippen molar-refractivity contribution in [1.82, 2.24) is 0 Å². The van der Waals surface area contributed by atoms with Crippen LogP contribution in [0.2, 0.25) is 15.1 Å². The zero-order chi connectivity index (χ0) is 22.9. The first kappa shape index (κ1) is 22.9. The van der Waals surface area contributed by atoms with Gasteiger partial charge in [-0.3, -0.25) is 4.31 Å². The van der Waals surface area contributed by atoms with Crippen molar-refractivity contribution in [2.24, 2.45) is 0 Å². The van der Waals surface area contributed by atoms with Crippen LogP contribution in [-0.2, 0) is 27.8 Å². The highest BCUT2D eigenvalue weighted by Crippen LogP contribution is 2.33. The molecule has 9 heteroatoms. The lowest BCUT2D eigenvalue weighted by Crippen LogP contribution is -2.35. The van der Waals surface area contributed by atoms with Gasteiger partial charge in [0.15, 0.2) is 0 Å². The van der Waals surface area contributed by atoms with Gasteiger partial charge in [0.05, 0.1) is 21.2 Å². The van der Waals surface area contributed by atoms with E-state index in [1.165, 1.54) is 22.5 Å². The summed E-state index contributed by atoms with van der Waals surface area (Å²) in [5.41, 5.74) is 2.14. The summed E-state index contributed by atoms with van der Waals surface area (Å²) >= 11 is 18.2. The summed E-state index contributed by atoms with van der Waals surface area (Å²) in [7, 11) is -3.90. The van der Waals surface area contributed by atoms with E-state index in [0.717, 1.165) is 12.0 Å². The molecular weight excluding hydrogens is 493 g/mol. The van der Waals surface area contributed by atoms with E-state index in [4.69, 9.17) is 39.5 Å². The van der Waals surface area contributed by atoms with Gasteiger partial charge in [-0.05, 0) is 54.8 Å². The monoisotopic (exact) mass is 509 g/mol. The maximum absolute atomic E-state index is 13.4. The summed E-state index contributed by atoms with van der Waals surface area (Å²) in [4.78, 5) is 12.7. The van der Waals surface area contributed by atoms with Crippen molar-refractivity contribution >= 4 is 56.5 Å². The van der Waals surface area contributed by atoms with Crippen molar-refractivity contribution in [3.05, 3.63) is 92.4 Å². The average Bonchev–Trinajstić information content (AvgIpc) is 2.78. The van der Waals surface area contributed by atoms with E-state index in [2.05, 4.69) is 0 Å². The molecule has 32 heavy (non-hydrogen) atoms. The molecule has 1 aliphatic heterocycles. The molecule has 4 rings (SSSR count). The quantitative estimate of drug-likeness (QED) is 0.386. The third kappa shape index (κ3) is 4.59. The minimum atomic E-state index is -3.90. The van der Waals surface area contributed by atoms with Gasteiger partial charge in [-0.25, -0.2) is 13.2 Å². The lowest BCUT2D eigenvalue weighted by Gasteiger charge is -2.30. The summed E-state index contributed by atoms with van der Waals surface area (Å²) in [5.74, 6) is -0.753. The van der Waals surface area contributed by atoms with Crippen molar-refractivity contribution < 1.29 is 17.9 Å². The molecule has 166 valence electrons. The Hall–Kier alpha value is -2.25. The normalized spacial score (nSPS) is 13.5. The van der Waals surface area contributed by atoms with Crippen LogP contribution < -0.4 is 4.31 Å². The number of hydrogen-bond acceptors (Lipinski definition) is 4. The largest absolute Gasteiger partial charge is 0.457 e. The van der Waals surface area contributed by atoms with Gasteiger partial charge in [-0.1, -0.05) is 59.1 Å². The minimum Gasteiger partial charge on any atom is -0.457 e. The standard InChI is InChI=1S/C23H18Cl3NO4S/c24-17-8-7-16(21(26)12-17)14-31-23(28)19-13-18(9-10-20(19)25)32(29,30)27-11-3-5-15-4-1-2-6-22(15)27/h1-2,4,6-10,12-13H,3,5,11,14H2. The number of esters is 1. The molecule has 0 atom stereocenters. The van der Waals surface area contributed by atoms with Crippen LogP contribution >= 0.6 is 34.8 Å². The Kier molecular flexibility index (Phi) is 6.67. The topological polar surface area (TPSA) is 63.7 Å². The third-order valence-electron chi connectivity index (χ3n) is 5.19. The van der Waals surface area contributed by atoms with Gasteiger partial charge in [0.1, 0.15) is 6.61 Å². The molecule has 0 fully saturated rings. The van der Waals surface area contributed by atoms with E-state index >= 15 is 0 Å². The van der Waals surface area contributed by atoms with Gasteiger partial charge < -0.3 is 4.74 Å². The molecule has 0 N–H and O–H groups in total.